The zero-order chi connectivity index (χ0) is 18.5. The van der Waals surface area contributed by atoms with E-state index < -0.39 is 0 Å². The van der Waals surface area contributed by atoms with Gasteiger partial charge in [0, 0.05) is 17.8 Å². The lowest BCUT2D eigenvalue weighted by Gasteiger charge is -2.20. The lowest BCUT2D eigenvalue weighted by Crippen LogP contribution is -2.30. The second kappa shape index (κ2) is 8.46. The molecule has 27 heavy (non-hydrogen) atoms. The van der Waals surface area contributed by atoms with Gasteiger partial charge in [-0.3, -0.25) is 4.79 Å². The van der Waals surface area contributed by atoms with E-state index in [1.807, 2.05) is 66.0 Å². The fourth-order valence-corrected chi connectivity index (χ4v) is 4.43. The molecule has 1 atom stereocenters. The minimum Gasteiger partial charge on any atom is -0.340 e. The van der Waals surface area contributed by atoms with Gasteiger partial charge in [-0.25, -0.2) is 4.98 Å². The number of carbonyl (C=O) groups excluding carboxylic acids is 1. The summed E-state index contributed by atoms with van der Waals surface area (Å²) in [5, 5.41) is 9.52. The highest BCUT2D eigenvalue weighted by molar-refractivity contribution is 7.09. The molecule has 0 radical (unpaired) electrons. The third kappa shape index (κ3) is 4.26. The number of nitrogens with one attached hydrogen (secondary N) is 2. The van der Waals surface area contributed by atoms with Crippen LogP contribution in [0.1, 0.15) is 51.4 Å². The Bertz CT molecular complexity index is 833. The first kappa shape index (κ1) is 17.9. The first-order chi connectivity index (χ1) is 13.3. The SMILES string of the molecule is O=C(NC(c1ccccc1)c1ccccc1)c1csc(C2CCCNC2)n1. The van der Waals surface area contributed by atoms with Crippen molar-refractivity contribution in [2.45, 2.75) is 24.8 Å². The normalized spacial score (nSPS) is 17.0. The number of thiazole rings is 1. The van der Waals surface area contributed by atoms with Gasteiger partial charge in [0.1, 0.15) is 5.69 Å². The largest absolute Gasteiger partial charge is 0.340 e. The van der Waals surface area contributed by atoms with Crippen molar-refractivity contribution in [1.82, 2.24) is 15.6 Å². The summed E-state index contributed by atoms with van der Waals surface area (Å²) in [4.78, 5) is 17.6. The Morgan fingerprint density at radius 1 is 1.07 bits per heavy atom. The van der Waals surface area contributed by atoms with E-state index in [1.54, 1.807) is 11.3 Å². The van der Waals surface area contributed by atoms with Gasteiger partial charge in [0.15, 0.2) is 0 Å². The molecule has 0 aliphatic carbocycles. The van der Waals surface area contributed by atoms with Crippen molar-refractivity contribution in [2.75, 3.05) is 13.1 Å². The van der Waals surface area contributed by atoms with E-state index in [9.17, 15) is 4.79 Å². The molecule has 0 saturated carbocycles. The second-order valence-corrected chi connectivity index (χ2v) is 7.73. The predicted molar refractivity (Wildman–Crippen MR) is 109 cm³/mol. The summed E-state index contributed by atoms with van der Waals surface area (Å²) in [5.41, 5.74) is 2.63. The number of hydrogen-bond acceptors (Lipinski definition) is 4. The standard InChI is InChI=1S/C22H23N3OS/c26-21(19-15-27-22(24-19)18-12-7-13-23-14-18)25-20(16-8-3-1-4-9-16)17-10-5-2-6-11-17/h1-6,8-11,15,18,20,23H,7,12-14H2,(H,25,26). The topological polar surface area (TPSA) is 54.0 Å². The molecule has 1 aliphatic rings. The number of nitrogens with zero attached hydrogens (tertiary/aromatic N) is 1. The second-order valence-electron chi connectivity index (χ2n) is 6.84. The molecule has 1 saturated heterocycles. The summed E-state index contributed by atoms with van der Waals surface area (Å²) >= 11 is 1.59. The van der Waals surface area contributed by atoms with Crippen molar-refractivity contribution >= 4 is 17.2 Å². The van der Waals surface area contributed by atoms with Gasteiger partial charge in [-0.15, -0.1) is 11.3 Å². The minimum atomic E-state index is -0.193. The van der Waals surface area contributed by atoms with E-state index in [4.69, 9.17) is 0 Å². The van der Waals surface area contributed by atoms with E-state index >= 15 is 0 Å². The van der Waals surface area contributed by atoms with Crippen LogP contribution < -0.4 is 10.6 Å². The molecule has 0 bridgehead atoms. The van der Waals surface area contributed by atoms with Crippen LogP contribution in [-0.4, -0.2) is 24.0 Å². The van der Waals surface area contributed by atoms with Crippen molar-refractivity contribution in [3.63, 3.8) is 0 Å². The number of aromatic nitrogens is 1. The zero-order valence-electron chi connectivity index (χ0n) is 15.1. The van der Waals surface area contributed by atoms with Crippen LogP contribution in [0.25, 0.3) is 0 Å². The maximum absolute atomic E-state index is 12.9. The Morgan fingerprint density at radius 2 is 1.74 bits per heavy atom. The van der Waals surface area contributed by atoms with E-state index in [1.165, 1.54) is 0 Å². The fourth-order valence-electron chi connectivity index (χ4n) is 3.50. The monoisotopic (exact) mass is 377 g/mol. The van der Waals surface area contributed by atoms with Crippen LogP contribution in [0.3, 0.4) is 0 Å². The molecule has 1 fully saturated rings. The Morgan fingerprint density at radius 3 is 2.33 bits per heavy atom. The van der Waals surface area contributed by atoms with Crippen molar-refractivity contribution in [1.29, 1.82) is 0 Å². The Hall–Kier alpha value is -2.50. The smallest absolute Gasteiger partial charge is 0.271 e. The Balaban J connectivity index is 1.54. The van der Waals surface area contributed by atoms with Crippen molar-refractivity contribution in [3.8, 4) is 0 Å². The van der Waals surface area contributed by atoms with Crippen LogP contribution in [0, 0.1) is 0 Å². The number of rotatable bonds is 5. The van der Waals surface area contributed by atoms with Gasteiger partial charge >= 0.3 is 0 Å². The highest BCUT2D eigenvalue weighted by Crippen LogP contribution is 2.27. The molecule has 1 amide bonds. The molecule has 5 heteroatoms. The molecular weight excluding hydrogens is 354 g/mol. The number of benzene rings is 2. The minimum absolute atomic E-state index is 0.126. The summed E-state index contributed by atoms with van der Waals surface area (Å²) < 4.78 is 0. The average Bonchev–Trinajstić information content (AvgIpc) is 3.24. The molecule has 4 nitrogen and oxygen atoms in total. The van der Waals surface area contributed by atoms with Crippen LogP contribution in [0.2, 0.25) is 0 Å². The predicted octanol–water partition coefficient (Wildman–Crippen LogP) is 4.13. The van der Waals surface area contributed by atoms with Crippen LogP contribution in [0.5, 0.6) is 0 Å². The van der Waals surface area contributed by atoms with E-state index in [0.29, 0.717) is 11.6 Å². The van der Waals surface area contributed by atoms with Crippen LogP contribution in [0.15, 0.2) is 66.0 Å². The summed E-state index contributed by atoms with van der Waals surface area (Å²) in [6, 6.07) is 19.9. The van der Waals surface area contributed by atoms with Crippen LogP contribution >= 0.6 is 11.3 Å². The first-order valence-corrected chi connectivity index (χ1v) is 10.3. The highest BCUT2D eigenvalue weighted by atomic mass is 32.1. The van der Waals surface area contributed by atoms with E-state index in [-0.39, 0.29) is 11.9 Å². The quantitative estimate of drug-likeness (QED) is 0.703. The van der Waals surface area contributed by atoms with Gasteiger partial charge in [0.2, 0.25) is 0 Å². The third-order valence-electron chi connectivity index (χ3n) is 4.94. The summed E-state index contributed by atoms with van der Waals surface area (Å²) in [6.07, 6.45) is 2.30. The van der Waals surface area contributed by atoms with Gasteiger partial charge < -0.3 is 10.6 Å². The number of piperidine rings is 1. The lowest BCUT2D eigenvalue weighted by molar-refractivity contribution is 0.0938. The van der Waals surface area contributed by atoms with Crippen molar-refractivity contribution in [2.24, 2.45) is 0 Å². The summed E-state index contributed by atoms with van der Waals surface area (Å²) in [7, 11) is 0. The third-order valence-corrected chi connectivity index (χ3v) is 5.95. The van der Waals surface area contributed by atoms with Crippen LogP contribution in [0.4, 0.5) is 0 Å². The molecule has 3 aromatic rings. The number of amides is 1. The Labute approximate surface area is 163 Å². The molecule has 1 aromatic heterocycles. The van der Waals surface area contributed by atoms with Gasteiger partial charge in [-0.05, 0) is 30.5 Å². The highest BCUT2D eigenvalue weighted by Gasteiger charge is 2.22. The molecule has 1 aliphatic heterocycles. The van der Waals surface area contributed by atoms with Crippen LogP contribution in [-0.2, 0) is 0 Å². The molecule has 2 N–H and O–H groups in total. The lowest BCUT2D eigenvalue weighted by atomic mass is 9.98. The molecule has 1 unspecified atom stereocenters. The summed E-state index contributed by atoms with van der Waals surface area (Å²) in [5.74, 6) is 0.295. The van der Waals surface area contributed by atoms with E-state index in [2.05, 4.69) is 15.6 Å². The molecule has 0 spiro atoms. The summed E-state index contributed by atoms with van der Waals surface area (Å²) in [6.45, 7) is 2.02. The molecule has 138 valence electrons. The number of hydrogen-bond donors (Lipinski definition) is 2. The van der Waals surface area contributed by atoms with Gasteiger partial charge in [-0.2, -0.15) is 0 Å². The Kier molecular flexibility index (Phi) is 5.61. The van der Waals surface area contributed by atoms with Gasteiger partial charge in [-0.1, -0.05) is 60.7 Å². The first-order valence-electron chi connectivity index (χ1n) is 9.38. The van der Waals surface area contributed by atoms with Crippen molar-refractivity contribution < 1.29 is 4.79 Å². The molecular formula is C22H23N3OS. The van der Waals surface area contributed by atoms with Gasteiger partial charge in [0.25, 0.3) is 5.91 Å². The maximum Gasteiger partial charge on any atom is 0.271 e. The van der Waals surface area contributed by atoms with Crippen molar-refractivity contribution in [3.05, 3.63) is 87.9 Å². The molecule has 4 rings (SSSR count). The number of carbonyl (C=O) groups is 1. The zero-order valence-corrected chi connectivity index (χ0v) is 15.9. The van der Waals surface area contributed by atoms with Gasteiger partial charge in [0.05, 0.1) is 11.0 Å². The maximum atomic E-state index is 12.9. The average molecular weight is 378 g/mol. The molecule has 2 heterocycles. The molecule has 2 aromatic carbocycles. The van der Waals surface area contributed by atoms with E-state index in [0.717, 1.165) is 42.1 Å². The fraction of sp³-hybridized carbons (Fsp3) is 0.273.